The van der Waals surface area contributed by atoms with Crippen LogP contribution in [0, 0.1) is 0 Å². The molecule has 1 rings (SSSR count). The molecule has 0 fully saturated rings. The molecule has 1 aromatic rings. The average molecular weight is 197 g/mol. The third-order valence-electron chi connectivity index (χ3n) is 1.70. The van der Waals surface area contributed by atoms with Crippen LogP contribution in [0.3, 0.4) is 0 Å². The molecule has 0 aliphatic carbocycles. The summed E-state index contributed by atoms with van der Waals surface area (Å²) in [4.78, 5) is 21.1. The topological polar surface area (TPSA) is 84.2 Å². The van der Waals surface area contributed by atoms with Crippen molar-refractivity contribution in [2.75, 3.05) is 0 Å². The van der Waals surface area contributed by atoms with Crippen LogP contribution in [0.15, 0.2) is 12.3 Å². The van der Waals surface area contributed by atoms with Gasteiger partial charge in [0.1, 0.15) is 6.42 Å². The lowest BCUT2D eigenvalue weighted by Crippen LogP contribution is -2.26. The van der Waals surface area contributed by atoms with Gasteiger partial charge in [0, 0.05) is 13.2 Å². The highest BCUT2D eigenvalue weighted by Crippen LogP contribution is 1.95. The Morgan fingerprint density at radius 2 is 2.36 bits per heavy atom. The van der Waals surface area contributed by atoms with Gasteiger partial charge in [-0.2, -0.15) is 5.10 Å². The minimum atomic E-state index is -1.13. The van der Waals surface area contributed by atoms with Crippen LogP contribution in [0.1, 0.15) is 12.1 Å². The average Bonchev–Trinajstić information content (AvgIpc) is 2.46. The van der Waals surface area contributed by atoms with Crippen molar-refractivity contribution in [3.63, 3.8) is 0 Å². The van der Waals surface area contributed by atoms with E-state index in [-0.39, 0.29) is 0 Å². The Bertz CT molecular complexity index is 345. The molecular formula is C8H11N3O3. The monoisotopic (exact) mass is 197 g/mol. The summed E-state index contributed by atoms with van der Waals surface area (Å²) in [6.45, 7) is 0.294. The minimum absolute atomic E-state index is 0.294. The maximum absolute atomic E-state index is 10.9. The van der Waals surface area contributed by atoms with Gasteiger partial charge in [-0.25, -0.2) is 0 Å². The van der Waals surface area contributed by atoms with E-state index in [1.54, 1.807) is 24.0 Å². The molecule has 1 amide bonds. The second-order valence-corrected chi connectivity index (χ2v) is 2.79. The Hall–Kier alpha value is -1.85. The zero-order chi connectivity index (χ0) is 10.6. The molecule has 0 atom stereocenters. The molecule has 0 radical (unpaired) electrons. The van der Waals surface area contributed by atoms with Crippen molar-refractivity contribution in [1.29, 1.82) is 0 Å². The molecule has 0 aliphatic rings. The molecule has 2 N–H and O–H groups in total. The van der Waals surface area contributed by atoms with Gasteiger partial charge in [-0.05, 0) is 6.07 Å². The van der Waals surface area contributed by atoms with E-state index in [4.69, 9.17) is 5.11 Å². The molecule has 0 saturated heterocycles. The lowest BCUT2D eigenvalue weighted by molar-refractivity contribution is -0.140. The van der Waals surface area contributed by atoms with Crippen LogP contribution in [0.4, 0.5) is 0 Å². The molecule has 0 spiro atoms. The molecule has 0 unspecified atom stereocenters. The Morgan fingerprint density at radius 1 is 1.64 bits per heavy atom. The number of aliphatic carboxylic acids is 1. The second kappa shape index (κ2) is 4.40. The van der Waals surface area contributed by atoms with E-state index in [9.17, 15) is 9.59 Å². The van der Waals surface area contributed by atoms with E-state index in [2.05, 4.69) is 10.4 Å². The zero-order valence-electron chi connectivity index (χ0n) is 7.73. The molecule has 6 heteroatoms. The highest BCUT2D eigenvalue weighted by Gasteiger charge is 2.07. The van der Waals surface area contributed by atoms with Crippen molar-refractivity contribution in [2.45, 2.75) is 13.0 Å². The van der Waals surface area contributed by atoms with Crippen LogP contribution >= 0.6 is 0 Å². The number of carboxylic acids is 1. The van der Waals surface area contributed by atoms with Crippen LogP contribution in [0.5, 0.6) is 0 Å². The fourth-order valence-electron chi connectivity index (χ4n) is 0.964. The lowest BCUT2D eigenvalue weighted by Gasteiger charge is -2.03. The first-order valence-electron chi connectivity index (χ1n) is 4.05. The predicted octanol–water partition coefficient (Wildman–Crippen LogP) is -0.489. The number of hydrogen-bond donors (Lipinski definition) is 2. The third-order valence-corrected chi connectivity index (χ3v) is 1.70. The number of carboxylic acid groups (broad SMARTS) is 1. The van der Waals surface area contributed by atoms with Crippen LogP contribution in [0.2, 0.25) is 0 Å². The summed E-state index contributed by atoms with van der Waals surface area (Å²) in [6, 6.07) is 1.75. The maximum Gasteiger partial charge on any atom is 0.312 e. The summed E-state index contributed by atoms with van der Waals surface area (Å²) < 4.78 is 1.61. The van der Waals surface area contributed by atoms with Gasteiger partial charge in [0.15, 0.2) is 0 Å². The van der Waals surface area contributed by atoms with E-state index in [0.717, 1.165) is 5.69 Å². The van der Waals surface area contributed by atoms with E-state index >= 15 is 0 Å². The number of aromatic nitrogens is 2. The van der Waals surface area contributed by atoms with Gasteiger partial charge in [0.2, 0.25) is 5.91 Å². The largest absolute Gasteiger partial charge is 0.481 e. The van der Waals surface area contributed by atoms with E-state index in [1.807, 2.05) is 0 Å². The molecule has 0 aromatic carbocycles. The number of nitrogens with zero attached hydrogens (tertiary/aromatic N) is 2. The van der Waals surface area contributed by atoms with Gasteiger partial charge >= 0.3 is 5.97 Å². The second-order valence-electron chi connectivity index (χ2n) is 2.79. The SMILES string of the molecule is Cn1nccc1CNC(=O)CC(=O)O. The van der Waals surface area contributed by atoms with Crippen LogP contribution in [-0.2, 0) is 23.2 Å². The first-order valence-corrected chi connectivity index (χ1v) is 4.05. The van der Waals surface area contributed by atoms with Crippen molar-refractivity contribution in [1.82, 2.24) is 15.1 Å². The Balaban J connectivity index is 2.38. The smallest absolute Gasteiger partial charge is 0.312 e. The molecule has 76 valence electrons. The molecule has 1 aromatic heterocycles. The molecule has 0 bridgehead atoms. The third kappa shape index (κ3) is 2.89. The molecule has 0 saturated carbocycles. The zero-order valence-corrected chi connectivity index (χ0v) is 7.73. The molecule has 14 heavy (non-hydrogen) atoms. The highest BCUT2D eigenvalue weighted by atomic mass is 16.4. The summed E-state index contributed by atoms with van der Waals surface area (Å²) in [6.07, 6.45) is 1.11. The first kappa shape index (κ1) is 10.2. The van der Waals surface area contributed by atoms with Gasteiger partial charge in [-0.3, -0.25) is 14.3 Å². The van der Waals surface area contributed by atoms with Crippen molar-refractivity contribution in [3.05, 3.63) is 18.0 Å². The summed E-state index contributed by atoms with van der Waals surface area (Å²) >= 11 is 0. The van der Waals surface area contributed by atoms with Crippen LogP contribution in [0.25, 0.3) is 0 Å². The van der Waals surface area contributed by atoms with E-state index in [1.165, 1.54) is 0 Å². The van der Waals surface area contributed by atoms with Crippen LogP contribution in [-0.4, -0.2) is 26.8 Å². The Morgan fingerprint density at radius 3 is 2.86 bits per heavy atom. The van der Waals surface area contributed by atoms with Gasteiger partial charge in [0.05, 0.1) is 12.2 Å². The fourth-order valence-corrected chi connectivity index (χ4v) is 0.964. The van der Waals surface area contributed by atoms with E-state index in [0.29, 0.717) is 6.54 Å². The maximum atomic E-state index is 10.9. The van der Waals surface area contributed by atoms with Gasteiger partial charge < -0.3 is 10.4 Å². The molecule has 1 heterocycles. The lowest BCUT2D eigenvalue weighted by atomic mass is 10.3. The number of nitrogens with one attached hydrogen (secondary N) is 1. The fraction of sp³-hybridized carbons (Fsp3) is 0.375. The van der Waals surface area contributed by atoms with Gasteiger partial charge in [0.25, 0.3) is 0 Å². The van der Waals surface area contributed by atoms with Crippen molar-refractivity contribution in [2.24, 2.45) is 7.05 Å². The summed E-state index contributed by atoms with van der Waals surface area (Å²) in [7, 11) is 1.75. The normalized spacial score (nSPS) is 9.79. The Kier molecular flexibility index (Phi) is 3.22. The van der Waals surface area contributed by atoms with E-state index < -0.39 is 18.3 Å². The van der Waals surface area contributed by atoms with Crippen molar-refractivity contribution in [3.8, 4) is 0 Å². The number of aryl methyl sites for hydroxylation is 1. The summed E-state index contributed by atoms with van der Waals surface area (Å²) in [5.41, 5.74) is 0.823. The summed E-state index contributed by atoms with van der Waals surface area (Å²) in [5.74, 6) is -1.63. The number of carbonyl (C=O) groups is 2. The molecule has 6 nitrogen and oxygen atoms in total. The number of carbonyl (C=O) groups excluding carboxylic acids is 1. The Labute approximate surface area is 80.5 Å². The highest BCUT2D eigenvalue weighted by molar-refractivity contribution is 5.93. The standard InChI is InChI=1S/C8H11N3O3/c1-11-6(2-3-10-11)5-9-7(12)4-8(13)14/h2-3H,4-5H2,1H3,(H,9,12)(H,13,14). The predicted molar refractivity (Wildman–Crippen MR) is 47.3 cm³/mol. The first-order chi connectivity index (χ1) is 6.59. The number of amides is 1. The minimum Gasteiger partial charge on any atom is -0.481 e. The summed E-state index contributed by atoms with van der Waals surface area (Å²) in [5, 5.41) is 14.7. The van der Waals surface area contributed by atoms with Gasteiger partial charge in [-0.1, -0.05) is 0 Å². The van der Waals surface area contributed by atoms with Crippen LogP contribution < -0.4 is 5.32 Å². The molecular weight excluding hydrogens is 186 g/mol. The van der Waals surface area contributed by atoms with Gasteiger partial charge in [-0.15, -0.1) is 0 Å². The number of hydrogen-bond acceptors (Lipinski definition) is 3. The van der Waals surface area contributed by atoms with Crippen molar-refractivity contribution >= 4 is 11.9 Å². The quantitative estimate of drug-likeness (QED) is 0.638. The molecule has 0 aliphatic heterocycles. The van der Waals surface area contributed by atoms with Crippen molar-refractivity contribution < 1.29 is 14.7 Å². The number of rotatable bonds is 4.